The average molecular weight is 278 g/mol. The van der Waals surface area contributed by atoms with Crippen molar-refractivity contribution in [1.82, 2.24) is 10.3 Å². The third-order valence-corrected chi connectivity index (χ3v) is 3.25. The molecule has 1 aromatic heterocycles. The summed E-state index contributed by atoms with van der Waals surface area (Å²) in [6.07, 6.45) is 3.65. The number of carbonyl (C=O) groups excluding carboxylic acids is 1. The number of carboxylic acids is 1. The summed E-state index contributed by atoms with van der Waals surface area (Å²) in [7, 11) is 0. The number of carbonyl (C=O) groups is 2. The maximum atomic E-state index is 12.1. The van der Waals surface area contributed by atoms with Crippen LogP contribution in [0.4, 0.5) is 10.5 Å². The van der Waals surface area contributed by atoms with E-state index in [0.717, 1.165) is 24.2 Å². The van der Waals surface area contributed by atoms with Gasteiger partial charge >= 0.3 is 12.0 Å². The Labute approximate surface area is 116 Å². The Hall–Kier alpha value is -2.15. The summed E-state index contributed by atoms with van der Waals surface area (Å²) in [6, 6.07) is 2.47. The van der Waals surface area contributed by atoms with Gasteiger partial charge in [0, 0.05) is 19.3 Å². The SMILES string of the molecule is NC(CCNC(=O)N1CCCc2ncccc21)C(=O)O. The highest BCUT2D eigenvalue weighted by Crippen LogP contribution is 2.24. The van der Waals surface area contributed by atoms with Gasteiger partial charge in [0.25, 0.3) is 0 Å². The van der Waals surface area contributed by atoms with Gasteiger partial charge in [0.15, 0.2) is 0 Å². The number of aryl methyl sites for hydroxylation is 1. The second-order valence-electron chi connectivity index (χ2n) is 4.69. The predicted octanol–water partition coefficient (Wildman–Crippen LogP) is 0.346. The molecule has 0 saturated heterocycles. The molecule has 1 unspecified atom stereocenters. The number of aromatic nitrogens is 1. The Bertz CT molecular complexity index is 506. The standard InChI is InChI=1S/C13H18N4O3/c14-9(12(18)19)5-7-16-13(20)17-8-2-3-10-11(17)4-1-6-15-10/h1,4,6,9H,2-3,5,7-8,14H2,(H,16,20)(H,18,19). The van der Waals surface area contributed by atoms with E-state index < -0.39 is 12.0 Å². The van der Waals surface area contributed by atoms with Crippen molar-refractivity contribution >= 4 is 17.7 Å². The van der Waals surface area contributed by atoms with Gasteiger partial charge in [-0.25, -0.2) is 4.79 Å². The molecule has 1 aliphatic rings. The molecule has 0 aromatic carbocycles. The highest BCUT2D eigenvalue weighted by atomic mass is 16.4. The van der Waals surface area contributed by atoms with Crippen LogP contribution in [-0.4, -0.2) is 41.2 Å². The number of nitrogens with two attached hydrogens (primary N) is 1. The zero-order valence-electron chi connectivity index (χ0n) is 11.1. The fourth-order valence-electron chi connectivity index (χ4n) is 2.16. The van der Waals surface area contributed by atoms with E-state index in [1.54, 1.807) is 17.2 Å². The summed E-state index contributed by atoms with van der Waals surface area (Å²) in [5.74, 6) is -1.06. The van der Waals surface area contributed by atoms with Crippen LogP contribution in [0, 0.1) is 0 Å². The highest BCUT2D eigenvalue weighted by Gasteiger charge is 2.23. The quantitative estimate of drug-likeness (QED) is 0.736. The normalized spacial score (nSPS) is 15.3. The molecule has 20 heavy (non-hydrogen) atoms. The number of pyridine rings is 1. The number of aliphatic carboxylic acids is 1. The summed E-state index contributed by atoms with van der Waals surface area (Å²) in [5, 5.41) is 11.4. The molecule has 108 valence electrons. The molecule has 2 heterocycles. The van der Waals surface area contributed by atoms with E-state index in [0.29, 0.717) is 6.54 Å². The Morgan fingerprint density at radius 1 is 1.55 bits per heavy atom. The van der Waals surface area contributed by atoms with Crippen LogP contribution in [0.1, 0.15) is 18.5 Å². The molecule has 0 spiro atoms. The van der Waals surface area contributed by atoms with Crippen molar-refractivity contribution in [3.8, 4) is 0 Å². The van der Waals surface area contributed by atoms with Crippen LogP contribution in [-0.2, 0) is 11.2 Å². The second kappa shape index (κ2) is 6.33. The minimum absolute atomic E-state index is 0.203. The van der Waals surface area contributed by atoms with Crippen molar-refractivity contribution in [2.45, 2.75) is 25.3 Å². The number of urea groups is 1. The summed E-state index contributed by atoms with van der Waals surface area (Å²) < 4.78 is 0. The number of hydrogen-bond acceptors (Lipinski definition) is 4. The molecule has 1 atom stereocenters. The molecule has 0 bridgehead atoms. The van der Waals surface area contributed by atoms with Gasteiger partial charge in [-0.05, 0) is 31.4 Å². The average Bonchev–Trinajstić information content (AvgIpc) is 2.46. The first-order valence-electron chi connectivity index (χ1n) is 6.57. The molecule has 7 nitrogen and oxygen atoms in total. The maximum absolute atomic E-state index is 12.1. The molecule has 2 amide bonds. The van der Waals surface area contributed by atoms with E-state index in [9.17, 15) is 9.59 Å². The number of nitrogens with one attached hydrogen (secondary N) is 1. The number of amides is 2. The van der Waals surface area contributed by atoms with E-state index in [1.165, 1.54) is 0 Å². The van der Waals surface area contributed by atoms with Gasteiger partial charge < -0.3 is 16.2 Å². The molecular formula is C13H18N4O3. The molecule has 2 rings (SSSR count). The van der Waals surface area contributed by atoms with Crippen LogP contribution < -0.4 is 16.0 Å². The Morgan fingerprint density at radius 2 is 2.35 bits per heavy atom. The predicted molar refractivity (Wildman–Crippen MR) is 73.5 cm³/mol. The van der Waals surface area contributed by atoms with Crippen LogP contribution >= 0.6 is 0 Å². The number of hydrogen-bond donors (Lipinski definition) is 3. The zero-order valence-corrected chi connectivity index (χ0v) is 11.1. The fraction of sp³-hybridized carbons (Fsp3) is 0.462. The minimum atomic E-state index is -1.06. The number of fused-ring (bicyclic) bond motifs is 1. The first kappa shape index (κ1) is 14.3. The first-order valence-corrected chi connectivity index (χ1v) is 6.57. The van der Waals surface area contributed by atoms with E-state index >= 15 is 0 Å². The smallest absolute Gasteiger partial charge is 0.321 e. The summed E-state index contributed by atoms with van der Waals surface area (Å²) in [5.41, 5.74) is 7.11. The van der Waals surface area contributed by atoms with Crippen molar-refractivity contribution < 1.29 is 14.7 Å². The molecule has 0 aliphatic carbocycles. The number of carboxylic acid groups (broad SMARTS) is 1. The largest absolute Gasteiger partial charge is 0.480 e. The topological polar surface area (TPSA) is 109 Å². The van der Waals surface area contributed by atoms with Gasteiger partial charge in [0.05, 0.1) is 11.4 Å². The monoisotopic (exact) mass is 278 g/mol. The molecule has 0 fully saturated rings. The van der Waals surface area contributed by atoms with Gasteiger partial charge in [-0.2, -0.15) is 0 Å². The Kier molecular flexibility index (Phi) is 4.52. The van der Waals surface area contributed by atoms with Crippen LogP contribution in [0.25, 0.3) is 0 Å². The van der Waals surface area contributed by atoms with Crippen molar-refractivity contribution in [3.63, 3.8) is 0 Å². The number of nitrogens with zero attached hydrogens (tertiary/aromatic N) is 2. The zero-order chi connectivity index (χ0) is 14.5. The van der Waals surface area contributed by atoms with Crippen LogP contribution in [0.5, 0.6) is 0 Å². The van der Waals surface area contributed by atoms with Crippen LogP contribution in [0.15, 0.2) is 18.3 Å². The third kappa shape index (κ3) is 3.24. The summed E-state index contributed by atoms with van der Waals surface area (Å²) >= 11 is 0. The lowest BCUT2D eigenvalue weighted by Crippen LogP contribution is -2.44. The molecule has 0 saturated carbocycles. The molecule has 4 N–H and O–H groups in total. The van der Waals surface area contributed by atoms with Crippen LogP contribution in [0.2, 0.25) is 0 Å². The van der Waals surface area contributed by atoms with Crippen molar-refractivity contribution in [3.05, 3.63) is 24.0 Å². The lowest BCUT2D eigenvalue weighted by molar-refractivity contribution is -0.138. The minimum Gasteiger partial charge on any atom is -0.480 e. The fourth-order valence-corrected chi connectivity index (χ4v) is 2.16. The van der Waals surface area contributed by atoms with E-state index in [2.05, 4.69) is 10.3 Å². The van der Waals surface area contributed by atoms with Gasteiger partial charge in [-0.15, -0.1) is 0 Å². The molecular weight excluding hydrogens is 260 g/mol. The maximum Gasteiger partial charge on any atom is 0.321 e. The Morgan fingerprint density at radius 3 is 3.10 bits per heavy atom. The Balaban J connectivity index is 1.92. The van der Waals surface area contributed by atoms with Gasteiger partial charge in [0.2, 0.25) is 0 Å². The number of rotatable bonds is 4. The summed E-state index contributed by atoms with van der Waals surface area (Å²) in [4.78, 5) is 28.6. The lowest BCUT2D eigenvalue weighted by atomic mass is 10.1. The molecule has 0 radical (unpaired) electrons. The van der Waals surface area contributed by atoms with Gasteiger partial charge in [0.1, 0.15) is 6.04 Å². The molecule has 7 heteroatoms. The van der Waals surface area contributed by atoms with E-state index in [1.807, 2.05) is 6.07 Å². The van der Waals surface area contributed by atoms with Crippen molar-refractivity contribution in [2.24, 2.45) is 5.73 Å². The molecule has 1 aliphatic heterocycles. The third-order valence-electron chi connectivity index (χ3n) is 3.25. The van der Waals surface area contributed by atoms with Crippen molar-refractivity contribution in [2.75, 3.05) is 18.0 Å². The lowest BCUT2D eigenvalue weighted by Gasteiger charge is -2.28. The van der Waals surface area contributed by atoms with Crippen LogP contribution in [0.3, 0.4) is 0 Å². The summed E-state index contributed by atoms with van der Waals surface area (Å²) in [6.45, 7) is 0.869. The first-order chi connectivity index (χ1) is 9.59. The molecule has 1 aromatic rings. The number of anilines is 1. The van der Waals surface area contributed by atoms with Gasteiger partial charge in [-0.3, -0.25) is 14.7 Å². The van der Waals surface area contributed by atoms with Crippen molar-refractivity contribution in [1.29, 1.82) is 0 Å². The van der Waals surface area contributed by atoms with E-state index in [-0.39, 0.29) is 19.0 Å². The highest BCUT2D eigenvalue weighted by molar-refractivity contribution is 5.92. The second-order valence-corrected chi connectivity index (χ2v) is 4.69. The van der Waals surface area contributed by atoms with E-state index in [4.69, 9.17) is 10.8 Å². The van der Waals surface area contributed by atoms with Gasteiger partial charge in [-0.1, -0.05) is 0 Å².